The van der Waals surface area contributed by atoms with Crippen LogP contribution < -0.4 is 5.32 Å². The van der Waals surface area contributed by atoms with Crippen LogP contribution in [0.15, 0.2) is 24.3 Å². The second-order valence-electron chi connectivity index (χ2n) is 4.29. The van der Waals surface area contributed by atoms with Crippen molar-refractivity contribution in [3.63, 3.8) is 0 Å². The predicted octanol–water partition coefficient (Wildman–Crippen LogP) is 2.45. The van der Waals surface area contributed by atoms with Crippen LogP contribution in [0.25, 0.3) is 0 Å². The van der Waals surface area contributed by atoms with Crippen molar-refractivity contribution in [1.82, 2.24) is 5.32 Å². The van der Waals surface area contributed by atoms with Crippen LogP contribution in [0.4, 0.5) is 0 Å². The zero-order valence-electron chi connectivity index (χ0n) is 9.57. The van der Waals surface area contributed by atoms with Crippen LogP contribution in [-0.2, 0) is 9.59 Å². The first kappa shape index (κ1) is 12.5. The molecular weight excluding hydrogens is 329 g/mol. The van der Waals surface area contributed by atoms with Gasteiger partial charge in [-0.15, -0.1) is 0 Å². The molecule has 1 aliphatic rings. The van der Waals surface area contributed by atoms with Crippen molar-refractivity contribution < 1.29 is 9.59 Å². The fourth-order valence-electron chi connectivity index (χ4n) is 2.34. The summed E-state index contributed by atoms with van der Waals surface area (Å²) < 4.78 is 1.16. The summed E-state index contributed by atoms with van der Waals surface area (Å²) >= 11 is 2.24. The third-order valence-corrected chi connectivity index (χ3v) is 3.95. The Balaban J connectivity index is 2.30. The minimum Gasteiger partial charge on any atom is -0.296 e. The van der Waals surface area contributed by atoms with E-state index in [9.17, 15) is 9.59 Å². The Labute approximate surface area is 114 Å². The number of hydrogen-bond donors (Lipinski definition) is 1. The van der Waals surface area contributed by atoms with Gasteiger partial charge in [-0.1, -0.05) is 19.1 Å². The van der Waals surface area contributed by atoms with Crippen LogP contribution in [0.3, 0.4) is 0 Å². The van der Waals surface area contributed by atoms with Gasteiger partial charge in [-0.3, -0.25) is 14.9 Å². The second kappa shape index (κ2) is 5.16. The predicted molar refractivity (Wildman–Crippen MR) is 73.4 cm³/mol. The van der Waals surface area contributed by atoms with Crippen LogP contribution in [0.5, 0.6) is 0 Å². The fraction of sp³-hybridized carbons (Fsp3) is 0.385. The molecule has 2 rings (SSSR count). The summed E-state index contributed by atoms with van der Waals surface area (Å²) in [5, 5.41) is 2.41. The molecule has 3 nitrogen and oxygen atoms in total. The first-order chi connectivity index (χ1) is 8.11. The molecule has 1 saturated heterocycles. The SMILES string of the molecule is CCC1C(=O)NC(=O)CC1c1ccc(I)cc1. The standard InChI is InChI=1S/C13H14INO2/c1-2-10-11(7-12(16)15-13(10)17)8-3-5-9(14)6-4-8/h3-6,10-11H,2,7H2,1H3,(H,15,16,17). The zero-order valence-corrected chi connectivity index (χ0v) is 11.7. The largest absolute Gasteiger partial charge is 0.296 e. The molecule has 0 aromatic heterocycles. The van der Waals surface area contributed by atoms with Crippen LogP contribution in [-0.4, -0.2) is 11.8 Å². The van der Waals surface area contributed by atoms with E-state index in [0.29, 0.717) is 6.42 Å². The number of carbonyl (C=O) groups excluding carboxylic acids is 2. The lowest BCUT2D eigenvalue weighted by Gasteiger charge is -2.29. The van der Waals surface area contributed by atoms with E-state index in [2.05, 4.69) is 27.9 Å². The summed E-state index contributed by atoms with van der Waals surface area (Å²) in [4.78, 5) is 23.2. The van der Waals surface area contributed by atoms with E-state index in [-0.39, 0.29) is 23.7 Å². The maximum absolute atomic E-state index is 11.8. The van der Waals surface area contributed by atoms with Crippen LogP contribution in [0.1, 0.15) is 31.2 Å². The Bertz CT molecular complexity index is 441. The molecule has 4 heteroatoms. The zero-order chi connectivity index (χ0) is 12.4. The van der Waals surface area contributed by atoms with Crippen molar-refractivity contribution in [2.75, 3.05) is 0 Å². The van der Waals surface area contributed by atoms with E-state index >= 15 is 0 Å². The van der Waals surface area contributed by atoms with Gasteiger partial charge >= 0.3 is 0 Å². The maximum atomic E-state index is 11.8. The van der Waals surface area contributed by atoms with Gasteiger partial charge in [0.25, 0.3) is 0 Å². The van der Waals surface area contributed by atoms with Crippen molar-refractivity contribution >= 4 is 34.4 Å². The minimum absolute atomic E-state index is 0.0262. The minimum atomic E-state index is -0.164. The third-order valence-electron chi connectivity index (χ3n) is 3.23. The topological polar surface area (TPSA) is 46.2 Å². The number of benzene rings is 1. The van der Waals surface area contributed by atoms with Gasteiger partial charge in [-0.05, 0) is 46.7 Å². The Morgan fingerprint density at radius 2 is 1.94 bits per heavy atom. The lowest BCUT2D eigenvalue weighted by atomic mass is 9.79. The molecule has 1 aromatic carbocycles. The lowest BCUT2D eigenvalue weighted by Crippen LogP contribution is -2.44. The highest BCUT2D eigenvalue weighted by atomic mass is 127. The Morgan fingerprint density at radius 3 is 2.53 bits per heavy atom. The molecule has 0 radical (unpaired) electrons. The third kappa shape index (κ3) is 2.68. The van der Waals surface area contributed by atoms with Gasteiger partial charge in [0.05, 0.1) is 0 Å². The van der Waals surface area contributed by atoms with E-state index in [1.54, 1.807) is 0 Å². The molecule has 0 spiro atoms. The van der Waals surface area contributed by atoms with Crippen molar-refractivity contribution in [3.05, 3.63) is 33.4 Å². The summed E-state index contributed by atoms with van der Waals surface area (Å²) in [7, 11) is 0. The van der Waals surface area contributed by atoms with Crippen molar-refractivity contribution in [1.29, 1.82) is 0 Å². The number of hydrogen-bond acceptors (Lipinski definition) is 2. The Kier molecular flexibility index (Phi) is 3.81. The van der Waals surface area contributed by atoms with Gasteiger partial charge in [0.15, 0.2) is 0 Å². The van der Waals surface area contributed by atoms with E-state index < -0.39 is 0 Å². The molecule has 2 amide bonds. The number of halogens is 1. The van der Waals surface area contributed by atoms with Crippen molar-refractivity contribution in [2.45, 2.75) is 25.7 Å². The molecule has 1 aromatic rings. The number of nitrogens with one attached hydrogen (secondary N) is 1. The summed E-state index contributed by atoms with van der Waals surface area (Å²) in [5.74, 6) is -0.360. The summed E-state index contributed by atoms with van der Waals surface area (Å²) in [6, 6.07) is 8.06. The Morgan fingerprint density at radius 1 is 1.29 bits per heavy atom. The van der Waals surface area contributed by atoms with Crippen LogP contribution in [0, 0.1) is 9.49 Å². The van der Waals surface area contributed by atoms with Gasteiger partial charge in [0.2, 0.25) is 11.8 Å². The molecule has 0 saturated carbocycles. The number of imide groups is 1. The molecule has 0 aliphatic carbocycles. The van der Waals surface area contributed by atoms with Crippen molar-refractivity contribution in [3.8, 4) is 0 Å². The van der Waals surface area contributed by atoms with Gasteiger partial charge in [0.1, 0.15) is 0 Å². The van der Waals surface area contributed by atoms with E-state index in [1.165, 1.54) is 0 Å². The number of piperidine rings is 1. The number of carbonyl (C=O) groups is 2. The highest BCUT2D eigenvalue weighted by Crippen LogP contribution is 2.33. The molecule has 2 unspecified atom stereocenters. The number of amides is 2. The molecule has 1 aliphatic heterocycles. The molecule has 17 heavy (non-hydrogen) atoms. The first-order valence-electron chi connectivity index (χ1n) is 5.71. The highest BCUT2D eigenvalue weighted by Gasteiger charge is 2.35. The summed E-state index contributed by atoms with van der Waals surface area (Å²) in [5.41, 5.74) is 1.08. The first-order valence-corrected chi connectivity index (χ1v) is 6.79. The highest BCUT2D eigenvalue weighted by molar-refractivity contribution is 14.1. The average Bonchev–Trinajstić information content (AvgIpc) is 2.29. The monoisotopic (exact) mass is 343 g/mol. The molecule has 1 N–H and O–H groups in total. The number of rotatable bonds is 2. The average molecular weight is 343 g/mol. The molecular formula is C13H14INO2. The van der Waals surface area contributed by atoms with Crippen molar-refractivity contribution in [2.24, 2.45) is 5.92 Å². The summed E-state index contributed by atoms with van der Waals surface area (Å²) in [6.45, 7) is 1.99. The molecule has 90 valence electrons. The summed E-state index contributed by atoms with van der Waals surface area (Å²) in [6.07, 6.45) is 1.17. The maximum Gasteiger partial charge on any atom is 0.230 e. The van der Waals surface area contributed by atoms with Gasteiger partial charge < -0.3 is 0 Å². The second-order valence-corrected chi connectivity index (χ2v) is 5.53. The fourth-order valence-corrected chi connectivity index (χ4v) is 2.70. The van der Waals surface area contributed by atoms with E-state index in [4.69, 9.17) is 0 Å². The lowest BCUT2D eigenvalue weighted by molar-refractivity contribution is -0.137. The normalized spacial score (nSPS) is 24.6. The van der Waals surface area contributed by atoms with Crippen LogP contribution in [0.2, 0.25) is 0 Å². The van der Waals surface area contributed by atoms with Gasteiger partial charge in [-0.2, -0.15) is 0 Å². The molecule has 1 fully saturated rings. The smallest absolute Gasteiger partial charge is 0.230 e. The van der Waals surface area contributed by atoms with Crippen LogP contribution >= 0.6 is 22.6 Å². The molecule has 1 heterocycles. The molecule has 0 bridgehead atoms. The molecule has 2 atom stereocenters. The van der Waals surface area contributed by atoms with Gasteiger partial charge in [-0.25, -0.2) is 0 Å². The quantitative estimate of drug-likeness (QED) is 0.662. The van der Waals surface area contributed by atoms with E-state index in [1.807, 2.05) is 31.2 Å². The Hall–Kier alpha value is -0.910. The van der Waals surface area contributed by atoms with Gasteiger partial charge in [0, 0.05) is 21.8 Å². The van der Waals surface area contributed by atoms with E-state index in [0.717, 1.165) is 15.6 Å².